The van der Waals surface area contributed by atoms with E-state index in [1.807, 2.05) is 53.3 Å². The molecule has 1 N–H and O–H groups in total. The molecule has 0 amide bonds. The second-order valence-electron chi connectivity index (χ2n) is 11.1. The molecule has 5 heterocycles. The summed E-state index contributed by atoms with van der Waals surface area (Å²) < 4.78 is 15.0. The van der Waals surface area contributed by atoms with Gasteiger partial charge >= 0.3 is 0 Å². The second kappa shape index (κ2) is 9.19. The minimum absolute atomic E-state index is 0.0287. The third-order valence-corrected chi connectivity index (χ3v) is 8.51. The number of aromatic nitrogens is 5. The number of furan rings is 1. The highest BCUT2D eigenvalue weighted by atomic mass is 16.5. The van der Waals surface area contributed by atoms with Gasteiger partial charge in [-0.05, 0) is 91.1 Å². The number of rotatable bonds is 8. The lowest BCUT2D eigenvalue weighted by Gasteiger charge is -2.56. The summed E-state index contributed by atoms with van der Waals surface area (Å²) in [7, 11) is 0. The molecular formula is C29H32N6O2. The first-order valence-corrected chi connectivity index (χ1v) is 13.4. The fourth-order valence-corrected chi connectivity index (χ4v) is 7.02. The van der Waals surface area contributed by atoms with Crippen LogP contribution in [0.4, 0.5) is 0 Å². The summed E-state index contributed by atoms with van der Waals surface area (Å²) in [5.74, 6) is 3.86. The molecule has 0 spiro atoms. The molecule has 8 rings (SSSR count). The largest absolute Gasteiger partial charge is 0.459 e. The SMILES string of the molecule is CC(c1ccccc1)n1nnnc1C(NCC12CC3CC(CC(C3)O1)C2)c1ccc(-c2cccnc2)o1. The van der Waals surface area contributed by atoms with E-state index in [2.05, 4.69) is 44.9 Å². The molecule has 8 heteroatoms. The van der Waals surface area contributed by atoms with E-state index in [0.29, 0.717) is 6.10 Å². The molecule has 4 bridgehead atoms. The van der Waals surface area contributed by atoms with Gasteiger partial charge in [-0.25, -0.2) is 4.68 Å². The normalized spacial score (nSPS) is 27.9. The molecule has 4 atom stereocenters. The van der Waals surface area contributed by atoms with Gasteiger partial charge in [-0.2, -0.15) is 0 Å². The van der Waals surface area contributed by atoms with E-state index < -0.39 is 0 Å². The predicted molar refractivity (Wildman–Crippen MR) is 138 cm³/mol. The fraction of sp³-hybridized carbons (Fsp3) is 0.448. The van der Waals surface area contributed by atoms with Crippen LogP contribution in [0.15, 0.2) is 71.4 Å². The Morgan fingerprint density at radius 1 is 1.03 bits per heavy atom. The lowest BCUT2D eigenvalue weighted by molar-refractivity contribution is -0.217. The molecule has 37 heavy (non-hydrogen) atoms. The molecule has 2 aliphatic heterocycles. The van der Waals surface area contributed by atoms with Gasteiger partial charge in [-0.3, -0.25) is 10.3 Å². The van der Waals surface area contributed by atoms with E-state index in [4.69, 9.17) is 9.15 Å². The molecule has 4 fully saturated rings. The molecule has 190 valence electrons. The lowest BCUT2D eigenvalue weighted by Crippen LogP contribution is -2.59. The molecule has 3 aromatic heterocycles. The average Bonchev–Trinajstić information content (AvgIpc) is 3.60. The molecule has 0 radical (unpaired) electrons. The summed E-state index contributed by atoms with van der Waals surface area (Å²) in [5.41, 5.74) is 1.97. The molecule has 2 saturated heterocycles. The van der Waals surface area contributed by atoms with Gasteiger partial charge in [0.25, 0.3) is 0 Å². The van der Waals surface area contributed by atoms with Gasteiger partial charge in [0.15, 0.2) is 5.82 Å². The average molecular weight is 497 g/mol. The Hall–Kier alpha value is -3.36. The monoisotopic (exact) mass is 496 g/mol. The molecule has 4 unspecified atom stereocenters. The number of nitrogens with zero attached hydrogens (tertiary/aromatic N) is 5. The van der Waals surface area contributed by atoms with E-state index in [-0.39, 0.29) is 17.7 Å². The third kappa shape index (κ3) is 4.28. The summed E-state index contributed by atoms with van der Waals surface area (Å²) in [6, 6.07) is 17.9. The van der Waals surface area contributed by atoms with Crippen LogP contribution in [0.25, 0.3) is 11.3 Å². The van der Waals surface area contributed by atoms with Crippen molar-refractivity contribution in [2.45, 2.75) is 62.8 Å². The smallest absolute Gasteiger partial charge is 0.176 e. The molecule has 4 aliphatic rings. The maximum atomic E-state index is 6.68. The molecule has 2 saturated carbocycles. The Morgan fingerprint density at radius 2 is 1.86 bits per heavy atom. The number of ether oxygens (including phenoxy) is 1. The van der Waals surface area contributed by atoms with E-state index >= 15 is 0 Å². The van der Waals surface area contributed by atoms with Crippen molar-refractivity contribution in [2.24, 2.45) is 11.8 Å². The first-order valence-electron chi connectivity index (χ1n) is 13.4. The van der Waals surface area contributed by atoms with Crippen LogP contribution in [0.1, 0.15) is 68.3 Å². The fourth-order valence-electron chi connectivity index (χ4n) is 7.02. The van der Waals surface area contributed by atoms with Crippen molar-refractivity contribution in [1.82, 2.24) is 30.5 Å². The van der Waals surface area contributed by atoms with Crippen LogP contribution in [-0.4, -0.2) is 43.4 Å². The number of nitrogens with one attached hydrogen (secondary N) is 1. The molecule has 4 aromatic rings. The summed E-state index contributed by atoms with van der Waals surface area (Å²) >= 11 is 0. The van der Waals surface area contributed by atoms with Crippen LogP contribution in [0.2, 0.25) is 0 Å². The van der Waals surface area contributed by atoms with Crippen LogP contribution in [0.5, 0.6) is 0 Å². The summed E-state index contributed by atoms with van der Waals surface area (Å²) in [4.78, 5) is 4.25. The highest BCUT2D eigenvalue weighted by Crippen LogP contribution is 2.53. The van der Waals surface area contributed by atoms with Gasteiger partial charge in [0.1, 0.15) is 17.6 Å². The summed E-state index contributed by atoms with van der Waals surface area (Å²) in [5, 5.41) is 16.8. The van der Waals surface area contributed by atoms with Crippen molar-refractivity contribution in [3.05, 3.63) is 84.1 Å². The standard InChI is InChI=1S/C29H32N6O2/c1-19(22-6-3-2-4-7-22)35-28(32-33-34-35)27(26-10-9-25(36-26)23-8-5-11-30-17-23)31-18-29-15-20-12-21(16-29)14-24(13-20)37-29/h2-11,17,19-21,24,27,31H,12-16,18H2,1H3. The van der Waals surface area contributed by atoms with Gasteiger partial charge < -0.3 is 9.15 Å². The number of pyridine rings is 1. The van der Waals surface area contributed by atoms with Crippen molar-refractivity contribution in [3.63, 3.8) is 0 Å². The first kappa shape index (κ1) is 22.8. The minimum Gasteiger partial charge on any atom is -0.459 e. The van der Waals surface area contributed by atoms with E-state index in [9.17, 15) is 0 Å². The Bertz CT molecular complexity index is 1320. The van der Waals surface area contributed by atoms with Crippen molar-refractivity contribution in [2.75, 3.05) is 6.54 Å². The van der Waals surface area contributed by atoms with E-state index in [1.54, 1.807) is 6.20 Å². The first-order chi connectivity index (χ1) is 18.2. The van der Waals surface area contributed by atoms with Crippen LogP contribution in [0.3, 0.4) is 0 Å². The Kier molecular flexibility index (Phi) is 5.66. The van der Waals surface area contributed by atoms with Gasteiger partial charge in [-0.1, -0.05) is 30.3 Å². The third-order valence-electron chi connectivity index (χ3n) is 8.51. The maximum Gasteiger partial charge on any atom is 0.176 e. The number of hydrogen-bond donors (Lipinski definition) is 1. The van der Waals surface area contributed by atoms with Gasteiger partial charge in [0, 0.05) is 24.5 Å². The topological polar surface area (TPSA) is 90.9 Å². The van der Waals surface area contributed by atoms with Crippen molar-refractivity contribution in [3.8, 4) is 11.3 Å². The zero-order chi connectivity index (χ0) is 24.8. The lowest BCUT2D eigenvalue weighted by atomic mass is 9.62. The molecular weight excluding hydrogens is 464 g/mol. The quantitative estimate of drug-likeness (QED) is 0.368. The van der Waals surface area contributed by atoms with Crippen molar-refractivity contribution in [1.29, 1.82) is 0 Å². The summed E-state index contributed by atoms with van der Waals surface area (Å²) in [6.45, 7) is 2.87. The summed E-state index contributed by atoms with van der Waals surface area (Å²) in [6.07, 6.45) is 10.1. The molecule has 8 nitrogen and oxygen atoms in total. The zero-order valence-corrected chi connectivity index (χ0v) is 21.0. The minimum atomic E-state index is -0.316. The predicted octanol–water partition coefficient (Wildman–Crippen LogP) is 4.96. The maximum absolute atomic E-state index is 6.68. The Morgan fingerprint density at radius 3 is 2.62 bits per heavy atom. The molecule has 1 aromatic carbocycles. The van der Waals surface area contributed by atoms with Gasteiger partial charge in [0.2, 0.25) is 0 Å². The second-order valence-corrected chi connectivity index (χ2v) is 11.1. The van der Waals surface area contributed by atoms with Crippen LogP contribution >= 0.6 is 0 Å². The van der Waals surface area contributed by atoms with Gasteiger partial charge in [-0.15, -0.1) is 5.10 Å². The van der Waals surface area contributed by atoms with Crippen LogP contribution in [0, 0.1) is 11.8 Å². The zero-order valence-electron chi connectivity index (χ0n) is 21.0. The van der Waals surface area contributed by atoms with Gasteiger partial charge in [0.05, 0.1) is 17.7 Å². The van der Waals surface area contributed by atoms with E-state index in [1.165, 1.54) is 19.3 Å². The van der Waals surface area contributed by atoms with Crippen LogP contribution < -0.4 is 5.32 Å². The van der Waals surface area contributed by atoms with E-state index in [0.717, 1.165) is 59.7 Å². The number of tetrazole rings is 1. The van der Waals surface area contributed by atoms with Crippen molar-refractivity contribution >= 4 is 0 Å². The highest BCUT2D eigenvalue weighted by Gasteiger charge is 2.52. The Labute approximate surface area is 216 Å². The Balaban J connectivity index is 1.22. The highest BCUT2D eigenvalue weighted by molar-refractivity contribution is 5.56. The van der Waals surface area contributed by atoms with Crippen molar-refractivity contribution < 1.29 is 9.15 Å². The number of hydrogen-bond acceptors (Lipinski definition) is 7. The van der Waals surface area contributed by atoms with Crippen LogP contribution in [-0.2, 0) is 4.74 Å². The molecule has 2 aliphatic carbocycles. The number of benzene rings is 1.